The number of aromatic nitrogens is 3. The molecule has 30 heavy (non-hydrogen) atoms. The molecule has 0 atom stereocenters. The van der Waals surface area contributed by atoms with Gasteiger partial charge in [-0.15, -0.1) is 10.2 Å². The first-order valence-corrected chi connectivity index (χ1v) is 9.96. The molecule has 2 heterocycles. The fourth-order valence-electron chi connectivity index (χ4n) is 3.57. The quantitative estimate of drug-likeness (QED) is 0.655. The van der Waals surface area contributed by atoms with Crippen LogP contribution in [0, 0.1) is 0 Å². The van der Waals surface area contributed by atoms with Crippen molar-refractivity contribution in [2.24, 2.45) is 5.73 Å². The maximum Gasteiger partial charge on any atom is 0.262 e. The van der Waals surface area contributed by atoms with Gasteiger partial charge in [-0.05, 0) is 37.1 Å². The molecule has 4 rings (SSSR count). The molecule has 0 unspecified atom stereocenters. The Morgan fingerprint density at radius 1 is 1.07 bits per heavy atom. The molecular formula is C22H23N5O3. The number of para-hydroxylation sites is 1. The van der Waals surface area contributed by atoms with E-state index >= 15 is 0 Å². The molecule has 0 radical (unpaired) electrons. The summed E-state index contributed by atoms with van der Waals surface area (Å²) in [5, 5.41) is 11.5. The molecule has 1 aromatic heterocycles. The first-order chi connectivity index (χ1) is 14.6. The van der Waals surface area contributed by atoms with Gasteiger partial charge in [0.1, 0.15) is 11.6 Å². The Hall–Kier alpha value is -3.68. The maximum absolute atomic E-state index is 12.4. The highest BCUT2D eigenvalue weighted by atomic mass is 16.5. The summed E-state index contributed by atoms with van der Waals surface area (Å²) >= 11 is 0. The molecule has 1 aliphatic heterocycles. The molecule has 0 fully saturated rings. The summed E-state index contributed by atoms with van der Waals surface area (Å²) in [6.07, 6.45) is 4.37. The zero-order chi connectivity index (χ0) is 20.9. The normalized spacial score (nSPS) is 13.2. The Morgan fingerprint density at radius 2 is 1.93 bits per heavy atom. The van der Waals surface area contributed by atoms with E-state index in [1.165, 1.54) is 6.42 Å². The molecule has 3 N–H and O–H groups in total. The smallest absolute Gasteiger partial charge is 0.262 e. The van der Waals surface area contributed by atoms with Crippen molar-refractivity contribution in [3.8, 4) is 17.1 Å². The van der Waals surface area contributed by atoms with Gasteiger partial charge < -0.3 is 20.4 Å². The number of carbonyl (C=O) groups excluding carboxylic acids is 2. The van der Waals surface area contributed by atoms with E-state index in [2.05, 4.69) is 20.1 Å². The Labute approximate surface area is 174 Å². The molecule has 0 saturated heterocycles. The third kappa shape index (κ3) is 4.32. The summed E-state index contributed by atoms with van der Waals surface area (Å²) in [6.45, 7) is 0.663. The van der Waals surface area contributed by atoms with Gasteiger partial charge in [0, 0.05) is 24.2 Å². The highest BCUT2D eigenvalue weighted by Gasteiger charge is 2.16. The van der Waals surface area contributed by atoms with E-state index in [1.807, 2.05) is 18.2 Å². The molecule has 0 bridgehead atoms. The molecular weight excluding hydrogens is 382 g/mol. The molecule has 2 amide bonds. The fourth-order valence-corrected chi connectivity index (χ4v) is 3.57. The SMILES string of the molecule is NC(=O)c1ccccc1OCC(=O)Nc1cccc(-c2nnc3n2CCCCC3)c1. The van der Waals surface area contributed by atoms with Crippen LogP contribution in [-0.4, -0.2) is 33.2 Å². The van der Waals surface area contributed by atoms with Gasteiger partial charge in [0.15, 0.2) is 12.4 Å². The van der Waals surface area contributed by atoms with E-state index in [-0.39, 0.29) is 23.8 Å². The average molecular weight is 405 g/mol. The van der Waals surface area contributed by atoms with Crippen LogP contribution in [-0.2, 0) is 17.8 Å². The van der Waals surface area contributed by atoms with E-state index in [4.69, 9.17) is 10.5 Å². The van der Waals surface area contributed by atoms with E-state index in [0.717, 1.165) is 43.0 Å². The van der Waals surface area contributed by atoms with Crippen LogP contribution >= 0.6 is 0 Å². The number of carbonyl (C=O) groups is 2. The second-order valence-electron chi connectivity index (χ2n) is 7.18. The van der Waals surface area contributed by atoms with Crippen LogP contribution in [0.15, 0.2) is 48.5 Å². The second kappa shape index (κ2) is 8.77. The van der Waals surface area contributed by atoms with Gasteiger partial charge in [-0.1, -0.05) is 30.7 Å². The van der Waals surface area contributed by atoms with E-state index < -0.39 is 5.91 Å². The van der Waals surface area contributed by atoms with Crippen LogP contribution in [0.2, 0.25) is 0 Å². The van der Waals surface area contributed by atoms with Crippen LogP contribution < -0.4 is 15.8 Å². The predicted molar refractivity (Wildman–Crippen MR) is 112 cm³/mol. The van der Waals surface area contributed by atoms with E-state index in [1.54, 1.807) is 30.3 Å². The maximum atomic E-state index is 12.4. The number of anilines is 1. The number of ether oxygens (including phenoxy) is 1. The largest absolute Gasteiger partial charge is 0.483 e. The van der Waals surface area contributed by atoms with Crippen molar-refractivity contribution in [3.05, 3.63) is 59.9 Å². The number of nitrogens with zero attached hydrogens (tertiary/aromatic N) is 3. The number of aryl methyl sites for hydroxylation is 1. The van der Waals surface area contributed by atoms with Crippen molar-refractivity contribution in [1.29, 1.82) is 0 Å². The Morgan fingerprint density at radius 3 is 2.80 bits per heavy atom. The minimum Gasteiger partial charge on any atom is -0.483 e. The lowest BCUT2D eigenvalue weighted by Crippen LogP contribution is -2.21. The molecule has 154 valence electrons. The van der Waals surface area contributed by atoms with Crippen molar-refractivity contribution in [2.45, 2.75) is 32.2 Å². The second-order valence-corrected chi connectivity index (χ2v) is 7.18. The molecule has 3 aromatic rings. The monoisotopic (exact) mass is 405 g/mol. The molecule has 0 aliphatic carbocycles. The van der Waals surface area contributed by atoms with Crippen molar-refractivity contribution < 1.29 is 14.3 Å². The third-order valence-electron chi connectivity index (χ3n) is 5.03. The number of benzene rings is 2. The highest BCUT2D eigenvalue weighted by Crippen LogP contribution is 2.25. The van der Waals surface area contributed by atoms with Gasteiger partial charge in [-0.2, -0.15) is 0 Å². The number of fused-ring (bicyclic) bond motifs is 1. The van der Waals surface area contributed by atoms with Gasteiger partial charge in [0.05, 0.1) is 5.56 Å². The van der Waals surface area contributed by atoms with Crippen LogP contribution in [0.3, 0.4) is 0 Å². The zero-order valence-corrected chi connectivity index (χ0v) is 16.5. The van der Waals surface area contributed by atoms with Crippen molar-refractivity contribution in [1.82, 2.24) is 14.8 Å². The van der Waals surface area contributed by atoms with Crippen LogP contribution in [0.1, 0.15) is 35.4 Å². The topological polar surface area (TPSA) is 112 Å². The minimum absolute atomic E-state index is 0.236. The van der Waals surface area contributed by atoms with Crippen LogP contribution in [0.4, 0.5) is 5.69 Å². The summed E-state index contributed by atoms with van der Waals surface area (Å²) in [7, 11) is 0. The number of rotatable bonds is 6. The minimum atomic E-state index is -0.605. The van der Waals surface area contributed by atoms with Crippen molar-refractivity contribution in [3.63, 3.8) is 0 Å². The lowest BCUT2D eigenvalue weighted by atomic mass is 10.2. The molecule has 8 heteroatoms. The molecule has 2 aromatic carbocycles. The number of nitrogens with two attached hydrogens (primary N) is 1. The Bertz CT molecular complexity index is 1080. The third-order valence-corrected chi connectivity index (χ3v) is 5.03. The van der Waals surface area contributed by atoms with Gasteiger partial charge in [-0.3, -0.25) is 9.59 Å². The van der Waals surface area contributed by atoms with Crippen LogP contribution in [0.25, 0.3) is 11.4 Å². The highest BCUT2D eigenvalue weighted by molar-refractivity contribution is 5.96. The fraction of sp³-hybridized carbons (Fsp3) is 0.273. The molecule has 0 saturated carbocycles. The van der Waals surface area contributed by atoms with Gasteiger partial charge >= 0.3 is 0 Å². The van der Waals surface area contributed by atoms with E-state index in [9.17, 15) is 9.59 Å². The van der Waals surface area contributed by atoms with Crippen molar-refractivity contribution >= 4 is 17.5 Å². The van der Waals surface area contributed by atoms with E-state index in [0.29, 0.717) is 5.69 Å². The lowest BCUT2D eigenvalue weighted by molar-refractivity contribution is -0.118. The molecule has 0 spiro atoms. The average Bonchev–Trinajstić information content (AvgIpc) is 3.01. The Kier molecular flexibility index (Phi) is 5.74. The molecule has 8 nitrogen and oxygen atoms in total. The number of amides is 2. The summed E-state index contributed by atoms with van der Waals surface area (Å²) in [6, 6.07) is 14.1. The van der Waals surface area contributed by atoms with Gasteiger partial charge in [0.2, 0.25) is 0 Å². The number of hydrogen-bond donors (Lipinski definition) is 2. The molecule has 1 aliphatic rings. The summed E-state index contributed by atoms with van der Waals surface area (Å²) in [5.41, 5.74) is 7.10. The zero-order valence-electron chi connectivity index (χ0n) is 16.5. The van der Waals surface area contributed by atoms with Crippen molar-refractivity contribution in [2.75, 3.05) is 11.9 Å². The number of nitrogens with one attached hydrogen (secondary N) is 1. The standard InChI is InChI=1S/C22H23N5O3/c23-21(29)17-9-3-4-10-18(17)30-14-20(28)24-16-8-6-7-15(13-16)22-26-25-19-11-2-1-5-12-27(19)22/h3-4,6-10,13H,1-2,5,11-12,14H2,(H2,23,29)(H,24,28). The first-order valence-electron chi connectivity index (χ1n) is 9.96. The predicted octanol–water partition coefficient (Wildman–Crippen LogP) is 2.79. The number of primary amides is 1. The summed E-state index contributed by atoms with van der Waals surface area (Å²) < 4.78 is 7.65. The number of hydrogen-bond acceptors (Lipinski definition) is 5. The van der Waals surface area contributed by atoms with Gasteiger partial charge in [-0.25, -0.2) is 0 Å². The Balaban J connectivity index is 1.45. The summed E-state index contributed by atoms with van der Waals surface area (Å²) in [4.78, 5) is 23.8. The lowest BCUT2D eigenvalue weighted by Gasteiger charge is -2.11. The summed E-state index contributed by atoms with van der Waals surface area (Å²) in [5.74, 6) is 1.16. The van der Waals surface area contributed by atoms with Crippen LogP contribution in [0.5, 0.6) is 5.75 Å². The first kappa shape index (κ1) is 19.6. The van der Waals surface area contributed by atoms with Gasteiger partial charge in [0.25, 0.3) is 11.8 Å².